The Bertz CT molecular complexity index is 698. The van der Waals surface area contributed by atoms with E-state index in [1.54, 1.807) is 6.92 Å². The fourth-order valence-electron chi connectivity index (χ4n) is 1.99. The van der Waals surface area contributed by atoms with Crippen LogP contribution in [-0.4, -0.2) is 5.24 Å². The van der Waals surface area contributed by atoms with Gasteiger partial charge in [-0.05, 0) is 66.3 Å². The number of hydrogen-bond donors (Lipinski definition) is 0. The van der Waals surface area contributed by atoms with Gasteiger partial charge in [0.25, 0.3) is 0 Å². The summed E-state index contributed by atoms with van der Waals surface area (Å²) in [5.41, 5.74) is 4.25. The van der Waals surface area contributed by atoms with E-state index < -0.39 is 0 Å². The average Bonchev–Trinajstić information content (AvgIpc) is 2.50. The van der Waals surface area contributed by atoms with Crippen LogP contribution >= 0.6 is 46.4 Å². The molecule has 0 aliphatic carbocycles. The zero-order valence-corrected chi connectivity index (χ0v) is 16.9. The number of alkyl halides is 1. The zero-order chi connectivity index (χ0) is 18.3. The third kappa shape index (κ3) is 8.46. The fraction of sp³-hybridized carbons (Fsp3) is 0.350. The third-order valence-corrected chi connectivity index (χ3v) is 4.84. The predicted molar refractivity (Wildman–Crippen MR) is 112 cm³/mol. The topological polar surface area (TPSA) is 17.1 Å². The minimum Gasteiger partial charge on any atom is -0.281 e. The van der Waals surface area contributed by atoms with Gasteiger partial charge in [-0.15, -0.1) is 11.6 Å². The van der Waals surface area contributed by atoms with E-state index in [4.69, 9.17) is 46.4 Å². The molecule has 0 amide bonds. The molecule has 2 rings (SSSR count). The molecule has 0 spiro atoms. The van der Waals surface area contributed by atoms with Crippen molar-refractivity contribution in [3.8, 4) is 0 Å². The van der Waals surface area contributed by atoms with Gasteiger partial charge in [0.2, 0.25) is 5.24 Å². The molecule has 1 atom stereocenters. The Kier molecular flexibility index (Phi) is 11.5. The van der Waals surface area contributed by atoms with Crippen LogP contribution in [0.2, 0.25) is 10.0 Å². The highest BCUT2D eigenvalue weighted by Gasteiger charge is 2.12. The summed E-state index contributed by atoms with van der Waals surface area (Å²) in [6.45, 7) is 5.78. The Labute approximate surface area is 171 Å². The van der Waals surface area contributed by atoms with Gasteiger partial charge >= 0.3 is 0 Å². The number of aryl methyl sites for hydroxylation is 2. The van der Waals surface area contributed by atoms with E-state index in [1.807, 2.05) is 50.2 Å². The van der Waals surface area contributed by atoms with Crippen LogP contribution in [0.15, 0.2) is 36.4 Å². The van der Waals surface area contributed by atoms with Gasteiger partial charge in [0.1, 0.15) is 0 Å². The number of halogens is 4. The number of carbonyl (C=O) groups is 1. The summed E-state index contributed by atoms with van der Waals surface area (Å²) in [5, 5.41) is 1.14. The highest BCUT2D eigenvalue weighted by atomic mass is 35.5. The summed E-state index contributed by atoms with van der Waals surface area (Å²) in [7, 11) is 0. The molecule has 0 fully saturated rings. The van der Waals surface area contributed by atoms with E-state index in [-0.39, 0.29) is 18.6 Å². The van der Waals surface area contributed by atoms with Gasteiger partial charge in [0.05, 0.1) is 0 Å². The fourth-order valence-corrected chi connectivity index (χ4v) is 2.98. The monoisotopic (exact) mass is 420 g/mol. The van der Waals surface area contributed by atoms with Crippen molar-refractivity contribution in [2.75, 3.05) is 0 Å². The molecule has 0 saturated carbocycles. The second-order valence-corrected chi connectivity index (χ2v) is 7.19. The molecule has 0 aliphatic heterocycles. The van der Waals surface area contributed by atoms with Crippen LogP contribution in [0.1, 0.15) is 36.6 Å². The molecule has 5 heteroatoms. The summed E-state index contributed by atoms with van der Waals surface area (Å²) in [4.78, 5) is 10.8. The minimum absolute atomic E-state index is 0. The van der Waals surface area contributed by atoms with E-state index in [0.29, 0.717) is 17.3 Å². The van der Waals surface area contributed by atoms with Gasteiger partial charge in [-0.25, -0.2) is 0 Å². The van der Waals surface area contributed by atoms with Crippen molar-refractivity contribution in [3.63, 3.8) is 0 Å². The third-order valence-electron chi connectivity index (χ3n) is 3.47. The first kappa shape index (κ1) is 24.3. The van der Waals surface area contributed by atoms with Crippen molar-refractivity contribution >= 4 is 51.6 Å². The van der Waals surface area contributed by atoms with E-state index in [2.05, 4.69) is 0 Å². The van der Waals surface area contributed by atoms with Crippen LogP contribution in [0.25, 0.3) is 0 Å². The molecule has 0 heterocycles. The lowest BCUT2D eigenvalue weighted by atomic mass is 10.0. The standard InChI is InChI=1S/C11H12Cl2O.C8H8Cl2.CH4/c1-7-3-4-9(10(12)5-7)6-8(2)11(13)14;1-6-2-3-7(5-9)8(10)4-6;/h3-5,8H,6H2,1-2H3;2-4H,5H2,1H3;1H4. The minimum atomic E-state index is -0.318. The maximum Gasteiger partial charge on any atom is 0.224 e. The van der Waals surface area contributed by atoms with Crippen molar-refractivity contribution < 1.29 is 4.79 Å². The number of rotatable bonds is 4. The van der Waals surface area contributed by atoms with Gasteiger partial charge < -0.3 is 0 Å². The van der Waals surface area contributed by atoms with E-state index >= 15 is 0 Å². The van der Waals surface area contributed by atoms with Gasteiger partial charge in [-0.3, -0.25) is 4.79 Å². The maximum atomic E-state index is 10.8. The number of benzene rings is 2. The number of hydrogen-bond acceptors (Lipinski definition) is 1. The average molecular weight is 422 g/mol. The van der Waals surface area contributed by atoms with Gasteiger partial charge in [0.15, 0.2) is 0 Å². The summed E-state index contributed by atoms with van der Waals surface area (Å²) in [6.07, 6.45) is 0.599. The highest BCUT2D eigenvalue weighted by Crippen LogP contribution is 2.21. The van der Waals surface area contributed by atoms with Crippen molar-refractivity contribution in [1.82, 2.24) is 0 Å². The normalized spacial score (nSPS) is 11.0. The molecule has 0 N–H and O–H groups in total. The van der Waals surface area contributed by atoms with Crippen LogP contribution in [0.5, 0.6) is 0 Å². The molecule has 0 saturated heterocycles. The van der Waals surface area contributed by atoms with Crippen molar-refractivity contribution in [2.24, 2.45) is 5.92 Å². The molecule has 0 aromatic heterocycles. The van der Waals surface area contributed by atoms with E-state index in [1.165, 1.54) is 5.56 Å². The lowest BCUT2D eigenvalue weighted by molar-refractivity contribution is -0.114. The Balaban J connectivity index is 0.000000465. The van der Waals surface area contributed by atoms with Crippen molar-refractivity contribution in [1.29, 1.82) is 0 Å². The molecule has 0 aliphatic rings. The van der Waals surface area contributed by atoms with Crippen LogP contribution in [0.3, 0.4) is 0 Å². The van der Waals surface area contributed by atoms with Crippen LogP contribution in [0.4, 0.5) is 0 Å². The predicted octanol–water partition coefficient (Wildman–Crippen LogP) is 7.62. The molecule has 1 nitrogen and oxygen atoms in total. The van der Waals surface area contributed by atoms with E-state index in [0.717, 1.165) is 21.7 Å². The van der Waals surface area contributed by atoms with Crippen molar-refractivity contribution in [2.45, 2.75) is 40.5 Å². The molecule has 138 valence electrons. The Morgan fingerprint density at radius 3 is 1.76 bits per heavy atom. The first-order chi connectivity index (χ1) is 11.2. The Morgan fingerprint density at radius 2 is 1.40 bits per heavy atom. The highest BCUT2D eigenvalue weighted by molar-refractivity contribution is 6.63. The molecule has 2 aromatic rings. The second-order valence-electron chi connectivity index (χ2n) is 5.73. The molecular weight excluding hydrogens is 398 g/mol. The molecule has 2 aromatic carbocycles. The largest absolute Gasteiger partial charge is 0.281 e. The molecular formula is C20H24Cl4O. The van der Waals surface area contributed by atoms with Crippen LogP contribution in [-0.2, 0) is 17.1 Å². The molecule has 0 radical (unpaired) electrons. The zero-order valence-electron chi connectivity index (χ0n) is 13.9. The SMILES string of the molecule is C.Cc1ccc(CC(C)C(=O)Cl)c(Cl)c1.Cc1ccc(CCl)c(Cl)c1. The van der Waals surface area contributed by atoms with Crippen LogP contribution < -0.4 is 0 Å². The Morgan fingerprint density at radius 1 is 0.960 bits per heavy atom. The maximum absolute atomic E-state index is 10.8. The lowest BCUT2D eigenvalue weighted by Crippen LogP contribution is -2.07. The van der Waals surface area contributed by atoms with Crippen molar-refractivity contribution in [3.05, 3.63) is 68.7 Å². The molecule has 25 heavy (non-hydrogen) atoms. The van der Waals surface area contributed by atoms with Gasteiger partial charge in [-0.2, -0.15) is 0 Å². The van der Waals surface area contributed by atoms with Gasteiger partial charge in [0, 0.05) is 21.8 Å². The summed E-state index contributed by atoms with van der Waals surface area (Å²) >= 11 is 22.8. The first-order valence-electron chi connectivity index (χ1n) is 7.50. The summed E-state index contributed by atoms with van der Waals surface area (Å²) in [5.74, 6) is 0.302. The van der Waals surface area contributed by atoms with Crippen LogP contribution in [0, 0.1) is 19.8 Å². The summed E-state index contributed by atoms with van der Waals surface area (Å²) in [6, 6.07) is 11.7. The first-order valence-corrected chi connectivity index (χ1v) is 9.16. The smallest absolute Gasteiger partial charge is 0.224 e. The van der Waals surface area contributed by atoms with Gasteiger partial charge in [-0.1, -0.05) is 61.8 Å². The second kappa shape index (κ2) is 11.8. The molecule has 1 unspecified atom stereocenters. The Hall–Kier alpha value is -0.730. The summed E-state index contributed by atoms with van der Waals surface area (Å²) < 4.78 is 0. The van der Waals surface area contributed by atoms with E-state index in [9.17, 15) is 4.79 Å². The quantitative estimate of drug-likeness (QED) is 0.366. The number of carbonyl (C=O) groups excluding carboxylic acids is 1. The molecule has 0 bridgehead atoms. The lowest BCUT2D eigenvalue weighted by Gasteiger charge is -2.08.